The van der Waals surface area contributed by atoms with Crippen LogP contribution in [0, 0.1) is 5.92 Å². The molecule has 1 N–H and O–H groups in total. The molecule has 1 aromatic heterocycles. The zero-order valence-corrected chi connectivity index (χ0v) is 13.3. The normalized spacial score (nSPS) is 17.3. The van der Waals surface area contributed by atoms with Crippen molar-refractivity contribution in [3.63, 3.8) is 0 Å². The quantitative estimate of drug-likeness (QED) is 0.761. The molecule has 5 heteroatoms. The molecule has 20 heavy (non-hydrogen) atoms. The van der Waals surface area contributed by atoms with Gasteiger partial charge in [-0.25, -0.2) is 8.42 Å². The average molecular weight is 298 g/mol. The summed E-state index contributed by atoms with van der Waals surface area (Å²) in [6, 6.07) is 2.64. The lowest BCUT2D eigenvalue weighted by Gasteiger charge is -2.15. The van der Waals surface area contributed by atoms with Crippen molar-refractivity contribution >= 4 is 9.84 Å². The molecule has 1 aliphatic rings. The maximum atomic E-state index is 11.5. The molecule has 1 atom stereocenters. The molecule has 0 aromatic carbocycles. The van der Waals surface area contributed by atoms with Crippen molar-refractivity contribution in [2.75, 3.05) is 18.1 Å². The van der Waals surface area contributed by atoms with Crippen LogP contribution in [0.15, 0.2) is 18.5 Å². The fourth-order valence-corrected chi connectivity index (χ4v) is 3.46. The minimum atomic E-state index is -2.84. The van der Waals surface area contributed by atoms with Gasteiger partial charge in [-0.3, -0.25) is 0 Å². The summed E-state index contributed by atoms with van der Waals surface area (Å²) < 4.78 is 25.1. The topological polar surface area (TPSA) is 51.1 Å². The minimum absolute atomic E-state index is 0.244. The lowest BCUT2D eigenvalue weighted by Crippen LogP contribution is -2.22. The maximum Gasteiger partial charge on any atom is 0.150 e. The molecule has 1 heterocycles. The van der Waals surface area contributed by atoms with Gasteiger partial charge in [-0.1, -0.05) is 13.8 Å². The molecule has 1 fully saturated rings. The zero-order chi connectivity index (χ0) is 14.6. The van der Waals surface area contributed by atoms with Gasteiger partial charge in [0.05, 0.1) is 5.75 Å². The molecular weight excluding hydrogens is 272 g/mol. The van der Waals surface area contributed by atoms with Gasteiger partial charge in [-0.05, 0) is 43.4 Å². The highest BCUT2D eigenvalue weighted by molar-refractivity contribution is 7.91. The van der Waals surface area contributed by atoms with E-state index in [9.17, 15) is 8.42 Å². The van der Waals surface area contributed by atoms with Crippen LogP contribution in [0.4, 0.5) is 0 Å². The van der Waals surface area contributed by atoms with Gasteiger partial charge in [-0.2, -0.15) is 0 Å². The van der Waals surface area contributed by atoms with Gasteiger partial charge >= 0.3 is 0 Å². The highest BCUT2D eigenvalue weighted by Crippen LogP contribution is 2.40. The van der Waals surface area contributed by atoms with E-state index in [1.807, 2.05) is 0 Å². The molecule has 0 amide bonds. The minimum Gasteiger partial charge on any atom is -0.354 e. The lowest BCUT2D eigenvalue weighted by atomic mass is 10.1. The molecule has 1 saturated carbocycles. The largest absolute Gasteiger partial charge is 0.354 e. The average Bonchev–Trinajstić information content (AvgIpc) is 3.15. The van der Waals surface area contributed by atoms with Crippen LogP contribution in [0.3, 0.4) is 0 Å². The Balaban J connectivity index is 1.88. The number of nitrogens with one attached hydrogen (secondary N) is 1. The standard InChI is InChI=1S/C15H26N2O2S/c1-3-16-15(13-6-7-13)14-8-10-17(12-14)9-5-11-20(18,19)4-2/h8,10,12-13,15-16H,3-7,9,11H2,1-2H3. The number of aromatic nitrogens is 1. The molecule has 1 unspecified atom stereocenters. The first-order valence-corrected chi connectivity index (χ1v) is 9.47. The van der Waals surface area contributed by atoms with Crippen molar-refractivity contribution in [3.05, 3.63) is 24.0 Å². The number of sulfone groups is 1. The Hall–Kier alpha value is -0.810. The number of hydrogen-bond acceptors (Lipinski definition) is 3. The van der Waals surface area contributed by atoms with Crippen LogP contribution in [0.25, 0.3) is 0 Å². The second-order valence-electron chi connectivity index (χ2n) is 5.65. The van der Waals surface area contributed by atoms with Gasteiger partial charge in [-0.15, -0.1) is 0 Å². The van der Waals surface area contributed by atoms with Crippen molar-refractivity contribution in [2.45, 2.75) is 45.7 Å². The highest BCUT2D eigenvalue weighted by Gasteiger charge is 2.31. The van der Waals surface area contributed by atoms with Crippen LogP contribution in [0.2, 0.25) is 0 Å². The third-order valence-corrected chi connectivity index (χ3v) is 5.75. The SMILES string of the molecule is CCNC(c1ccn(CCCS(=O)(=O)CC)c1)C1CC1. The van der Waals surface area contributed by atoms with Gasteiger partial charge < -0.3 is 9.88 Å². The number of hydrogen-bond donors (Lipinski definition) is 1. The zero-order valence-electron chi connectivity index (χ0n) is 12.5. The van der Waals surface area contributed by atoms with E-state index >= 15 is 0 Å². The van der Waals surface area contributed by atoms with E-state index in [1.54, 1.807) is 6.92 Å². The van der Waals surface area contributed by atoms with E-state index in [2.05, 4.69) is 35.3 Å². The summed E-state index contributed by atoms with van der Waals surface area (Å²) in [7, 11) is -2.84. The molecule has 1 aliphatic carbocycles. The summed E-state index contributed by atoms with van der Waals surface area (Å²) in [6.07, 6.45) is 7.57. The summed E-state index contributed by atoms with van der Waals surface area (Å²) in [6.45, 7) is 5.62. The van der Waals surface area contributed by atoms with E-state index in [0.717, 1.165) is 19.0 Å². The number of rotatable bonds is 9. The van der Waals surface area contributed by atoms with E-state index in [-0.39, 0.29) is 11.5 Å². The Morgan fingerprint density at radius 2 is 2.15 bits per heavy atom. The van der Waals surface area contributed by atoms with Gasteiger partial charge in [0.25, 0.3) is 0 Å². The van der Waals surface area contributed by atoms with Crippen LogP contribution < -0.4 is 5.32 Å². The van der Waals surface area contributed by atoms with E-state index in [1.165, 1.54) is 18.4 Å². The molecule has 4 nitrogen and oxygen atoms in total. The van der Waals surface area contributed by atoms with Crippen LogP contribution in [0.5, 0.6) is 0 Å². The van der Waals surface area contributed by atoms with E-state index in [4.69, 9.17) is 0 Å². The van der Waals surface area contributed by atoms with Crippen molar-refractivity contribution in [2.24, 2.45) is 5.92 Å². The molecule has 114 valence electrons. The predicted molar refractivity (Wildman–Crippen MR) is 82.5 cm³/mol. The first-order chi connectivity index (χ1) is 9.55. The summed E-state index contributed by atoms with van der Waals surface area (Å²) in [5.74, 6) is 1.32. The van der Waals surface area contributed by atoms with E-state index in [0.29, 0.717) is 12.5 Å². The number of nitrogens with zero attached hydrogens (tertiary/aromatic N) is 1. The number of aryl methyl sites for hydroxylation is 1. The molecule has 0 spiro atoms. The molecule has 0 bridgehead atoms. The third kappa shape index (κ3) is 4.35. The molecule has 0 aliphatic heterocycles. The fraction of sp³-hybridized carbons (Fsp3) is 0.733. The third-order valence-electron chi connectivity index (χ3n) is 3.96. The Bertz CT molecular complexity index is 518. The highest BCUT2D eigenvalue weighted by atomic mass is 32.2. The maximum absolute atomic E-state index is 11.5. The van der Waals surface area contributed by atoms with E-state index < -0.39 is 9.84 Å². The first kappa shape index (κ1) is 15.6. The molecule has 0 saturated heterocycles. The van der Waals surface area contributed by atoms with Crippen molar-refractivity contribution < 1.29 is 8.42 Å². The monoisotopic (exact) mass is 298 g/mol. The first-order valence-electron chi connectivity index (χ1n) is 7.65. The molecule has 2 rings (SSSR count). The van der Waals surface area contributed by atoms with Crippen LogP contribution in [-0.2, 0) is 16.4 Å². The molecule has 1 aromatic rings. The van der Waals surface area contributed by atoms with Crippen molar-refractivity contribution in [3.8, 4) is 0 Å². The van der Waals surface area contributed by atoms with Crippen molar-refractivity contribution in [1.82, 2.24) is 9.88 Å². The van der Waals surface area contributed by atoms with Gasteiger partial charge in [0.2, 0.25) is 0 Å². The Morgan fingerprint density at radius 3 is 2.75 bits per heavy atom. The van der Waals surface area contributed by atoms with Gasteiger partial charge in [0.1, 0.15) is 9.84 Å². The Morgan fingerprint density at radius 1 is 1.40 bits per heavy atom. The smallest absolute Gasteiger partial charge is 0.150 e. The van der Waals surface area contributed by atoms with Gasteiger partial charge in [0.15, 0.2) is 0 Å². The Kier molecular flexibility index (Phi) is 5.27. The van der Waals surface area contributed by atoms with Crippen LogP contribution in [0.1, 0.15) is 44.7 Å². The predicted octanol–water partition coefficient (Wildman–Crippen LogP) is 2.37. The molecule has 0 radical (unpaired) electrons. The second-order valence-corrected chi connectivity index (χ2v) is 8.12. The summed E-state index contributed by atoms with van der Waals surface area (Å²) in [4.78, 5) is 0. The summed E-state index contributed by atoms with van der Waals surface area (Å²) in [5.41, 5.74) is 1.34. The fourth-order valence-electron chi connectivity index (χ4n) is 2.60. The van der Waals surface area contributed by atoms with Crippen LogP contribution in [-0.4, -0.2) is 31.0 Å². The summed E-state index contributed by atoms with van der Waals surface area (Å²) >= 11 is 0. The lowest BCUT2D eigenvalue weighted by molar-refractivity contribution is 0.495. The van der Waals surface area contributed by atoms with Crippen molar-refractivity contribution in [1.29, 1.82) is 0 Å². The second kappa shape index (κ2) is 6.76. The summed E-state index contributed by atoms with van der Waals surface area (Å²) in [5, 5.41) is 3.55. The molecular formula is C15H26N2O2S. The Labute approximate surface area is 122 Å². The van der Waals surface area contributed by atoms with Crippen LogP contribution >= 0.6 is 0 Å². The van der Waals surface area contributed by atoms with Gasteiger partial charge in [0, 0.05) is 30.7 Å².